The second kappa shape index (κ2) is 5.06. The molecule has 1 aromatic rings. The van der Waals surface area contributed by atoms with Crippen LogP contribution in [0.4, 0.5) is 0 Å². The van der Waals surface area contributed by atoms with Gasteiger partial charge in [0, 0.05) is 12.0 Å². The van der Waals surface area contributed by atoms with Crippen molar-refractivity contribution in [2.45, 2.75) is 38.0 Å². The van der Waals surface area contributed by atoms with Crippen LogP contribution in [-0.4, -0.2) is 10.2 Å². The molecule has 2 rings (SSSR count). The first-order chi connectivity index (χ1) is 7.75. The van der Waals surface area contributed by atoms with Gasteiger partial charge in [-0.15, -0.1) is 0 Å². The number of aromatic hydroxyl groups is 2. The first-order valence-corrected chi connectivity index (χ1v) is 5.95. The van der Waals surface area contributed by atoms with Crippen molar-refractivity contribution in [3.05, 3.63) is 35.9 Å². The Morgan fingerprint density at radius 1 is 0.938 bits per heavy atom. The van der Waals surface area contributed by atoms with E-state index in [1.807, 2.05) is 0 Å². The van der Waals surface area contributed by atoms with Crippen LogP contribution in [0, 0.1) is 0 Å². The van der Waals surface area contributed by atoms with E-state index in [1.54, 1.807) is 12.1 Å². The molecular formula is C14H18O2. The van der Waals surface area contributed by atoms with Gasteiger partial charge in [-0.2, -0.15) is 0 Å². The summed E-state index contributed by atoms with van der Waals surface area (Å²) in [5, 5.41) is 18.9. The van der Waals surface area contributed by atoms with Gasteiger partial charge in [0.1, 0.15) is 11.5 Å². The first-order valence-electron chi connectivity index (χ1n) is 5.95. The molecule has 1 aromatic carbocycles. The molecule has 0 saturated carbocycles. The Balaban J connectivity index is 2.23. The molecule has 1 aliphatic rings. The van der Waals surface area contributed by atoms with Gasteiger partial charge in [0.25, 0.3) is 0 Å². The minimum absolute atomic E-state index is 0.144. The highest BCUT2D eigenvalue weighted by Crippen LogP contribution is 2.31. The van der Waals surface area contributed by atoms with Crippen molar-refractivity contribution in [3.63, 3.8) is 0 Å². The van der Waals surface area contributed by atoms with Crippen LogP contribution >= 0.6 is 0 Å². The summed E-state index contributed by atoms with van der Waals surface area (Å²) in [7, 11) is 0. The molecule has 0 fully saturated rings. The Morgan fingerprint density at radius 2 is 1.69 bits per heavy atom. The Bertz CT molecular complexity index is 362. The normalized spacial score (nSPS) is 23.4. The highest BCUT2D eigenvalue weighted by molar-refractivity contribution is 5.39. The number of rotatable bonds is 1. The van der Waals surface area contributed by atoms with E-state index in [9.17, 15) is 10.2 Å². The molecule has 0 aliphatic heterocycles. The summed E-state index contributed by atoms with van der Waals surface area (Å²) in [5.41, 5.74) is 1.01. The third-order valence-corrected chi connectivity index (χ3v) is 3.11. The van der Waals surface area contributed by atoms with Gasteiger partial charge in [-0.3, -0.25) is 0 Å². The third kappa shape index (κ3) is 2.78. The van der Waals surface area contributed by atoms with Gasteiger partial charge in [0.2, 0.25) is 0 Å². The van der Waals surface area contributed by atoms with Gasteiger partial charge in [-0.05, 0) is 37.0 Å². The van der Waals surface area contributed by atoms with Gasteiger partial charge in [0.15, 0.2) is 0 Å². The van der Waals surface area contributed by atoms with E-state index in [1.165, 1.54) is 25.3 Å². The lowest BCUT2D eigenvalue weighted by atomic mass is 9.90. The maximum absolute atomic E-state index is 9.47. The summed E-state index contributed by atoms with van der Waals surface area (Å²) in [5.74, 6) is 0.620. The summed E-state index contributed by atoms with van der Waals surface area (Å²) in [4.78, 5) is 0. The van der Waals surface area contributed by atoms with Crippen molar-refractivity contribution in [3.8, 4) is 11.5 Å². The van der Waals surface area contributed by atoms with Crippen LogP contribution in [-0.2, 0) is 0 Å². The molecule has 16 heavy (non-hydrogen) atoms. The molecule has 1 atom stereocenters. The van der Waals surface area contributed by atoms with E-state index in [4.69, 9.17) is 0 Å². The molecule has 1 unspecified atom stereocenters. The number of hydrogen-bond acceptors (Lipinski definition) is 2. The number of hydrogen-bond donors (Lipinski definition) is 2. The Hall–Kier alpha value is -1.44. The molecule has 0 amide bonds. The highest BCUT2D eigenvalue weighted by atomic mass is 16.3. The number of phenols is 2. The molecule has 0 bridgehead atoms. The molecule has 0 heterocycles. The van der Waals surface area contributed by atoms with Gasteiger partial charge in [0.05, 0.1) is 0 Å². The van der Waals surface area contributed by atoms with E-state index >= 15 is 0 Å². The molecule has 2 nitrogen and oxygen atoms in total. The monoisotopic (exact) mass is 218 g/mol. The summed E-state index contributed by atoms with van der Waals surface area (Å²) in [6.45, 7) is 0. The third-order valence-electron chi connectivity index (χ3n) is 3.11. The van der Waals surface area contributed by atoms with E-state index in [0.717, 1.165) is 18.4 Å². The zero-order chi connectivity index (χ0) is 11.4. The average Bonchev–Trinajstić information content (AvgIpc) is 2.14. The van der Waals surface area contributed by atoms with Crippen molar-refractivity contribution in [1.82, 2.24) is 0 Å². The van der Waals surface area contributed by atoms with Crippen LogP contribution in [0.15, 0.2) is 30.4 Å². The van der Waals surface area contributed by atoms with Crippen molar-refractivity contribution < 1.29 is 10.2 Å². The van der Waals surface area contributed by atoms with Crippen molar-refractivity contribution in [2.24, 2.45) is 0 Å². The van der Waals surface area contributed by atoms with Crippen LogP contribution in [0.5, 0.6) is 11.5 Å². The lowest BCUT2D eigenvalue weighted by Crippen LogP contribution is -1.97. The predicted molar refractivity (Wildman–Crippen MR) is 64.7 cm³/mol. The molecule has 0 radical (unpaired) electrons. The van der Waals surface area contributed by atoms with E-state index < -0.39 is 0 Å². The zero-order valence-electron chi connectivity index (χ0n) is 9.39. The fourth-order valence-corrected chi connectivity index (χ4v) is 2.27. The largest absolute Gasteiger partial charge is 0.508 e. The lowest BCUT2D eigenvalue weighted by Gasteiger charge is -2.16. The predicted octanol–water partition coefficient (Wildman–Crippen LogP) is 3.70. The zero-order valence-corrected chi connectivity index (χ0v) is 9.39. The molecule has 2 N–H and O–H groups in total. The van der Waals surface area contributed by atoms with Crippen LogP contribution in [0.3, 0.4) is 0 Å². The number of benzene rings is 1. The second-order valence-corrected chi connectivity index (χ2v) is 4.46. The van der Waals surface area contributed by atoms with Crippen LogP contribution in [0.25, 0.3) is 0 Å². The van der Waals surface area contributed by atoms with Crippen LogP contribution in [0.2, 0.25) is 0 Å². The minimum atomic E-state index is 0.144. The van der Waals surface area contributed by atoms with Crippen LogP contribution in [0.1, 0.15) is 43.6 Å². The van der Waals surface area contributed by atoms with Gasteiger partial charge >= 0.3 is 0 Å². The van der Waals surface area contributed by atoms with Crippen molar-refractivity contribution in [2.75, 3.05) is 0 Å². The van der Waals surface area contributed by atoms with E-state index in [2.05, 4.69) is 12.2 Å². The van der Waals surface area contributed by atoms with Crippen molar-refractivity contribution in [1.29, 1.82) is 0 Å². The van der Waals surface area contributed by atoms with Crippen LogP contribution < -0.4 is 0 Å². The Morgan fingerprint density at radius 3 is 2.44 bits per heavy atom. The maximum Gasteiger partial charge on any atom is 0.119 e. The fraction of sp³-hybridized carbons (Fsp3) is 0.429. The molecule has 0 aromatic heterocycles. The first kappa shape index (κ1) is 11.1. The van der Waals surface area contributed by atoms with Gasteiger partial charge in [-0.25, -0.2) is 0 Å². The minimum Gasteiger partial charge on any atom is -0.508 e. The van der Waals surface area contributed by atoms with Gasteiger partial charge < -0.3 is 10.2 Å². The topological polar surface area (TPSA) is 40.5 Å². The summed E-state index contributed by atoms with van der Waals surface area (Å²) >= 11 is 0. The lowest BCUT2D eigenvalue weighted by molar-refractivity contribution is 0.448. The van der Waals surface area contributed by atoms with Crippen molar-refractivity contribution >= 4 is 0 Å². The fourth-order valence-electron chi connectivity index (χ4n) is 2.27. The molecule has 1 aliphatic carbocycles. The number of allylic oxidation sites excluding steroid dienone is 2. The van der Waals surface area contributed by atoms with E-state index in [-0.39, 0.29) is 11.5 Å². The summed E-state index contributed by atoms with van der Waals surface area (Å²) < 4.78 is 0. The smallest absolute Gasteiger partial charge is 0.119 e. The molecule has 0 spiro atoms. The molecule has 2 heteroatoms. The summed E-state index contributed by atoms with van der Waals surface area (Å²) in [6, 6.07) is 4.86. The standard InChI is InChI=1S/C14H18O2/c15-13-8-12(9-14(16)10-13)11-6-4-2-1-3-5-7-11/h4,6,8-11,15-16H,1-3,5,7H2/b6-4-. The Labute approximate surface area is 96.2 Å². The summed E-state index contributed by atoms with van der Waals surface area (Å²) in [6.07, 6.45) is 10.4. The van der Waals surface area contributed by atoms with Gasteiger partial charge in [-0.1, -0.05) is 25.0 Å². The molecule has 0 saturated heterocycles. The molecule has 86 valence electrons. The quantitative estimate of drug-likeness (QED) is 0.705. The highest BCUT2D eigenvalue weighted by Gasteiger charge is 2.11. The molecular weight excluding hydrogens is 200 g/mol. The SMILES string of the molecule is Oc1cc(O)cc(C2/C=C\CCCCC2)c1. The second-order valence-electron chi connectivity index (χ2n) is 4.46. The maximum atomic E-state index is 9.47. The number of phenolic OH excluding ortho intramolecular Hbond substituents is 2. The van der Waals surface area contributed by atoms with E-state index in [0.29, 0.717) is 5.92 Å². The Kier molecular flexibility index (Phi) is 3.50. The average molecular weight is 218 g/mol.